The van der Waals surface area contributed by atoms with Crippen molar-refractivity contribution in [1.29, 1.82) is 0 Å². The Morgan fingerprint density at radius 1 is 1.31 bits per heavy atom. The van der Waals surface area contributed by atoms with E-state index < -0.39 is 12.7 Å². The summed E-state index contributed by atoms with van der Waals surface area (Å²) in [7, 11) is 1.46. The van der Waals surface area contributed by atoms with E-state index in [1.165, 1.54) is 17.6 Å². The molecule has 0 amide bonds. The van der Waals surface area contributed by atoms with Gasteiger partial charge in [0.25, 0.3) is 0 Å². The summed E-state index contributed by atoms with van der Waals surface area (Å²) in [6.07, 6.45) is -3.18. The van der Waals surface area contributed by atoms with E-state index in [4.69, 9.17) is 0 Å². The molecule has 0 bridgehead atoms. The van der Waals surface area contributed by atoms with Gasteiger partial charge in [0, 0.05) is 37.9 Å². The number of aliphatic imine (C=N–C) groups is 1. The molecule has 1 heterocycles. The van der Waals surface area contributed by atoms with Gasteiger partial charge in [-0.2, -0.15) is 13.2 Å². The maximum absolute atomic E-state index is 12.4. The zero-order valence-electron chi connectivity index (χ0n) is 15.4. The highest BCUT2D eigenvalue weighted by Gasteiger charge is 2.29. The number of hydrogen-bond donors (Lipinski definition) is 2. The van der Waals surface area contributed by atoms with Gasteiger partial charge in [0.1, 0.15) is 0 Å². The quantitative estimate of drug-likeness (QED) is 0.570. The Morgan fingerprint density at radius 2 is 2.04 bits per heavy atom. The average molecular weight is 371 g/mol. The molecule has 8 heteroatoms. The second kappa shape index (κ2) is 9.66. The number of anilines is 1. The zero-order valence-corrected chi connectivity index (χ0v) is 15.4. The zero-order chi connectivity index (χ0) is 19.0. The van der Waals surface area contributed by atoms with Crippen LogP contribution in [0.15, 0.2) is 35.3 Å². The average Bonchev–Trinajstić information content (AvgIpc) is 3.03. The molecule has 1 saturated heterocycles. The minimum Gasteiger partial charge on any atom is -0.369 e. The summed E-state index contributed by atoms with van der Waals surface area (Å²) in [5.74, 6) is 0.660. The number of guanidine groups is 1. The summed E-state index contributed by atoms with van der Waals surface area (Å²) in [5.41, 5.74) is 1.20. The SMILES string of the molecule is CCNC(=NCCN(C)CC(F)(F)F)NC1CCN(c2ccccc2)C1. The monoisotopic (exact) mass is 371 g/mol. The minimum absolute atomic E-state index is 0.261. The van der Waals surface area contributed by atoms with Crippen LogP contribution in [0.3, 0.4) is 0 Å². The lowest BCUT2D eigenvalue weighted by Crippen LogP contribution is -2.45. The summed E-state index contributed by atoms with van der Waals surface area (Å²) < 4.78 is 37.1. The van der Waals surface area contributed by atoms with Crippen LogP contribution in [0.5, 0.6) is 0 Å². The molecule has 5 nitrogen and oxygen atoms in total. The molecule has 1 aliphatic rings. The Kier molecular flexibility index (Phi) is 7.56. The lowest BCUT2D eigenvalue weighted by Gasteiger charge is -2.21. The van der Waals surface area contributed by atoms with Crippen molar-refractivity contribution in [2.75, 3.05) is 51.2 Å². The van der Waals surface area contributed by atoms with Gasteiger partial charge >= 0.3 is 6.18 Å². The highest BCUT2D eigenvalue weighted by atomic mass is 19.4. The topological polar surface area (TPSA) is 42.9 Å². The van der Waals surface area contributed by atoms with E-state index in [1.54, 1.807) is 0 Å². The van der Waals surface area contributed by atoms with Crippen molar-refractivity contribution in [3.63, 3.8) is 0 Å². The maximum atomic E-state index is 12.4. The lowest BCUT2D eigenvalue weighted by atomic mass is 10.3. The number of likely N-dealkylation sites (N-methyl/N-ethyl adjacent to an activating group) is 1. The molecule has 1 atom stereocenters. The van der Waals surface area contributed by atoms with Gasteiger partial charge in [-0.15, -0.1) is 0 Å². The van der Waals surface area contributed by atoms with Crippen LogP contribution in [0, 0.1) is 0 Å². The van der Waals surface area contributed by atoms with Gasteiger partial charge in [-0.25, -0.2) is 0 Å². The largest absolute Gasteiger partial charge is 0.401 e. The number of halogens is 3. The van der Waals surface area contributed by atoms with Gasteiger partial charge in [-0.05, 0) is 32.5 Å². The Labute approximate surface area is 153 Å². The van der Waals surface area contributed by atoms with Gasteiger partial charge in [0.05, 0.1) is 13.1 Å². The van der Waals surface area contributed by atoms with E-state index in [9.17, 15) is 13.2 Å². The van der Waals surface area contributed by atoms with Crippen molar-refractivity contribution in [3.05, 3.63) is 30.3 Å². The Balaban J connectivity index is 1.82. The van der Waals surface area contributed by atoms with Crippen LogP contribution < -0.4 is 15.5 Å². The molecule has 0 saturated carbocycles. The van der Waals surface area contributed by atoms with E-state index in [2.05, 4.69) is 32.7 Å². The van der Waals surface area contributed by atoms with Crippen molar-refractivity contribution in [3.8, 4) is 0 Å². The summed E-state index contributed by atoms with van der Waals surface area (Å²) in [5, 5.41) is 6.56. The molecule has 1 unspecified atom stereocenters. The molecule has 0 aromatic heterocycles. The molecule has 0 spiro atoms. The molecule has 26 heavy (non-hydrogen) atoms. The Bertz CT molecular complexity index is 562. The predicted octanol–water partition coefficient (Wildman–Crippen LogP) is 2.31. The third kappa shape index (κ3) is 7.11. The number of rotatable bonds is 7. The fourth-order valence-electron chi connectivity index (χ4n) is 2.98. The first-order chi connectivity index (χ1) is 12.4. The molecule has 2 rings (SSSR count). The normalized spacial score (nSPS) is 18.5. The Hall–Kier alpha value is -1.96. The van der Waals surface area contributed by atoms with Gasteiger partial charge in [-0.1, -0.05) is 18.2 Å². The number of nitrogens with one attached hydrogen (secondary N) is 2. The first-order valence-corrected chi connectivity index (χ1v) is 8.97. The van der Waals surface area contributed by atoms with E-state index in [-0.39, 0.29) is 12.6 Å². The smallest absolute Gasteiger partial charge is 0.369 e. The molecule has 1 aliphatic heterocycles. The molecule has 1 aromatic rings. The molecule has 1 aromatic carbocycles. The first kappa shape index (κ1) is 20.4. The van der Waals surface area contributed by atoms with Crippen LogP contribution in [0.2, 0.25) is 0 Å². The van der Waals surface area contributed by atoms with Gasteiger partial charge in [0.15, 0.2) is 5.96 Å². The van der Waals surface area contributed by atoms with Crippen LogP contribution in [-0.4, -0.2) is 69.4 Å². The number of nitrogens with zero attached hydrogens (tertiary/aromatic N) is 3. The number of para-hydroxylation sites is 1. The standard InChI is InChI=1S/C18H28F3N5/c1-3-22-17(23-10-12-25(2)14-18(19,20)21)24-15-9-11-26(13-15)16-7-5-4-6-8-16/h4-8,15H,3,9-14H2,1-2H3,(H2,22,23,24). The molecule has 1 fully saturated rings. The summed E-state index contributed by atoms with van der Waals surface area (Å²) in [4.78, 5) is 7.97. The number of alkyl halides is 3. The maximum Gasteiger partial charge on any atom is 0.401 e. The number of hydrogen-bond acceptors (Lipinski definition) is 3. The molecule has 0 radical (unpaired) electrons. The Morgan fingerprint density at radius 3 is 2.69 bits per heavy atom. The van der Waals surface area contributed by atoms with E-state index in [1.807, 2.05) is 25.1 Å². The van der Waals surface area contributed by atoms with E-state index in [0.717, 1.165) is 19.5 Å². The van der Waals surface area contributed by atoms with Gasteiger partial charge in [-0.3, -0.25) is 9.89 Å². The fraction of sp³-hybridized carbons (Fsp3) is 0.611. The first-order valence-electron chi connectivity index (χ1n) is 8.97. The van der Waals surface area contributed by atoms with Crippen molar-refractivity contribution >= 4 is 11.6 Å². The van der Waals surface area contributed by atoms with Gasteiger partial charge in [0.2, 0.25) is 0 Å². The van der Waals surface area contributed by atoms with Crippen molar-refractivity contribution in [2.24, 2.45) is 4.99 Å². The van der Waals surface area contributed by atoms with Crippen LogP contribution in [-0.2, 0) is 0 Å². The highest BCUT2D eigenvalue weighted by molar-refractivity contribution is 5.80. The molecule has 0 aliphatic carbocycles. The summed E-state index contributed by atoms with van der Waals surface area (Å²) in [6.45, 7) is 4.18. The highest BCUT2D eigenvalue weighted by Crippen LogP contribution is 2.19. The predicted molar refractivity (Wildman–Crippen MR) is 99.7 cm³/mol. The van der Waals surface area contributed by atoms with Crippen molar-refractivity contribution < 1.29 is 13.2 Å². The van der Waals surface area contributed by atoms with Crippen LogP contribution >= 0.6 is 0 Å². The van der Waals surface area contributed by atoms with Crippen LogP contribution in [0.4, 0.5) is 18.9 Å². The molecule has 146 valence electrons. The van der Waals surface area contributed by atoms with Crippen molar-refractivity contribution in [2.45, 2.75) is 25.6 Å². The third-order valence-corrected chi connectivity index (χ3v) is 4.20. The van der Waals surface area contributed by atoms with Crippen molar-refractivity contribution in [1.82, 2.24) is 15.5 Å². The summed E-state index contributed by atoms with van der Waals surface area (Å²) >= 11 is 0. The lowest BCUT2D eigenvalue weighted by molar-refractivity contribution is -0.142. The van der Waals surface area contributed by atoms with Crippen LogP contribution in [0.1, 0.15) is 13.3 Å². The minimum atomic E-state index is -4.17. The molecular weight excluding hydrogens is 343 g/mol. The van der Waals surface area contributed by atoms with Gasteiger partial charge < -0.3 is 15.5 Å². The number of benzene rings is 1. The molecule has 2 N–H and O–H groups in total. The van der Waals surface area contributed by atoms with Crippen LogP contribution in [0.25, 0.3) is 0 Å². The molecular formula is C18H28F3N5. The summed E-state index contributed by atoms with van der Waals surface area (Å²) in [6, 6.07) is 10.5. The fourth-order valence-corrected chi connectivity index (χ4v) is 2.98. The third-order valence-electron chi connectivity index (χ3n) is 4.20. The second-order valence-electron chi connectivity index (χ2n) is 6.53. The second-order valence-corrected chi connectivity index (χ2v) is 6.53. The van der Waals surface area contributed by atoms with E-state index >= 15 is 0 Å². The van der Waals surface area contributed by atoms with E-state index in [0.29, 0.717) is 19.0 Å².